The zero-order chi connectivity index (χ0) is 15.2. The highest BCUT2D eigenvalue weighted by Gasteiger charge is 2.19. The lowest BCUT2D eigenvalue weighted by atomic mass is 9.98. The van der Waals surface area contributed by atoms with Crippen LogP contribution in [0.4, 0.5) is 0 Å². The third-order valence-corrected chi connectivity index (χ3v) is 3.17. The second kappa shape index (κ2) is 7.72. The minimum absolute atomic E-state index is 0.195. The quantitative estimate of drug-likeness (QED) is 0.801. The minimum atomic E-state index is 0.195. The van der Waals surface area contributed by atoms with E-state index in [1.165, 1.54) is 0 Å². The predicted octanol–water partition coefficient (Wildman–Crippen LogP) is 3.87. The Labute approximate surface area is 124 Å². The van der Waals surface area contributed by atoms with Crippen LogP contribution in [0.3, 0.4) is 0 Å². The van der Waals surface area contributed by atoms with Crippen LogP contribution in [0, 0.1) is 11.3 Å². The summed E-state index contributed by atoms with van der Waals surface area (Å²) in [7, 11) is 1.95. The molecule has 1 aliphatic carbocycles. The third kappa shape index (κ3) is 6.47. The van der Waals surface area contributed by atoms with E-state index in [1.807, 2.05) is 7.05 Å². The molecular weight excluding hydrogens is 250 g/mol. The first-order chi connectivity index (χ1) is 9.31. The number of likely N-dealkylation sites (N-methyl/N-ethyl adjacent to an activating group) is 1. The molecule has 0 aromatic carbocycles. The van der Waals surface area contributed by atoms with Gasteiger partial charge in [0.25, 0.3) is 0 Å². The van der Waals surface area contributed by atoms with Crippen molar-refractivity contribution in [2.24, 2.45) is 11.3 Å². The first-order valence-electron chi connectivity index (χ1n) is 7.65. The Bertz CT molecular complexity index is 352. The van der Waals surface area contributed by atoms with Gasteiger partial charge in [-0.25, -0.2) is 0 Å². The molecule has 1 rings (SSSR count). The van der Waals surface area contributed by atoms with E-state index in [0.29, 0.717) is 5.92 Å². The summed E-state index contributed by atoms with van der Waals surface area (Å²) >= 11 is 0. The van der Waals surface area contributed by atoms with Crippen molar-refractivity contribution < 1.29 is 9.47 Å². The van der Waals surface area contributed by atoms with Gasteiger partial charge in [-0.2, -0.15) is 0 Å². The molecule has 0 bridgehead atoms. The van der Waals surface area contributed by atoms with Gasteiger partial charge < -0.3 is 14.8 Å². The molecule has 0 aromatic heterocycles. The van der Waals surface area contributed by atoms with Gasteiger partial charge in [-0.15, -0.1) is 0 Å². The van der Waals surface area contributed by atoms with Crippen molar-refractivity contribution in [1.29, 1.82) is 0 Å². The highest BCUT2D eigenvalue weighted by atomic mass is 16.5. The predicted molar refractivity (Wildman–Crippen MR) is 84.4 cm³/mol. The first kappa shape index (κ1) is 17.1. The van der Waals surface area contributed by atoms with Gasteiger partial charge in [0, 0.05) is 18.9 Å². The van der Waals surface area contributed by atoms with E-state index in [2.05, 4.69) is 52.1 Å². The van der Waals surface area contributed by atoms with Gasteiger partial charge in [0.1, 0.15) is 6.10 Å². The van der Waals surface area contributed by atoms with Crippen LogP contribution < -0.4 is 5.32 Å². The van der Waals surface area contributed by atoms with Crippen LogP contribution in [-0.4, -0.2) is 26.3 Å². The summed E-state index contributed by atoms with van der Waals surface area (Å²) in [6.07, 6.45) is 6.39. The van der Waals surface area contributed by atoms with Crippen molar-refractivity contribution in [3.8, 4) is 0 Å². The van der Waals surface area contributed by atoms with E-state index >= 15 is 0 Å². The lowest BCUT2D eigenvalue weighted by Gasteiger charge is -2.24. The molecule has 20 heavy (non-hydrogen) atoms. The maximum atomic E-state index is 6.00. The number of hydrogen-bond acceptors (Lipinski definition) is 3. The molecule has 0 amide bonds. The summed E-state index contributed by atoms with van der Waals surface area (Å²) in [6.45, 7) is 12.5. The van der Waals surface area contributed by atoms with Gasteiger partial charge in [-0.05, 0) is 38.0 Å². The van der Waals surface area contributed by atoms with Crippen LogP contribution >= 0.6 is 0 Å². The molecule has 116 valence electrons. The highest BCUT2D eigenvalue weighted by Crippen LogP contribution is 2.28. The number of rotatable bonds is 6. The van der Waals surface area contributed by atoms with Crippen LogP contribution in [0.25, 0.3) is 0 Å². The van der Waals surface area contributed by atoms with Crippen molar-refractivity contribution in [2.45, 2.75) is 53.6 Å². The maximum absolute atomic E-state index is 6.00. The second-order valence-electron chi connectivity index (χ2n) is 6.95. The maximum Gasteiger partial charge on any atom is 0.108 e. The number of allylic oxidation sites excluding steroid dienone is 4. The van der Waals surface area contributed by atoms with Crippen LogP contribution in [-0.2, 0) is 9.47 Å². The monoisotopic (exact) mass is 281 g/mol. The lowest BCUT2D eigenvalue weighted by Crippen LogP contribution is -2.23. The Morgan fingerprint density at radius 2 is 2.05 bits per heavy atom. The molecule has 3 heteroatoms. The van der Waals surface area contributed by atoms with Crippen LogP contribution in [0.5, 0.6) is 0 Å². The Kier molecular flexibility index (Phi) is 6.60. The molecule has 3 nitrogen and oxygen atoms in total. The van der Waals surface area contributed by atoms with Crippen molar-refractivity contribution in [2.75, 3.05) is 20.2 Å². The topological polar surface area (TPSA) is 30.5 Å². The van der Waals surface area contributed by atoms with Crippen LogP contribution in [0.1, 0.15) is 47.5 Å². The second-order valence-corrected chi connectivity index (χ2v) is 6.95. The van der Waals surface area contributed by atoms with Gasteiger partial charge in [-0.3, -0.25) is 0 Å². The zero-order valence-corrected chi connectivity index (χ0v) is 14.0. The van der Waals surface area contributed by atoms with Gasteiger partial charge in [0.2, 0.25) is 0 Å². The van der Waals surface area contributed by atoms with E-state index in [1.54, 1.807) is 0 Å². The Balaban J connectivity index is 2.50. The number of nitrogens with one attached hydrogen (secondary N) is 1. The molecular formula is C17H31NO2. The largest absolute Gasteiger partial charge is 0.497 e. The first-order valence-corrected chi connectivity index (χ1v) is 7.65. The molecule has 0 spiro atoms. The Morgan fingerprint density at radius 3 is 2.65 bits per heavy atom. The van der Waals surface area contributed by atoms with E-state index in [-0.39, 0.29) is 11.5 Å². The van der Waals surface area contributed by atoms with E-state index in [0.717, 1.165) is 37.5 Å². The fourth-order valence-electron chi connectivity index (χ4n) is 2.18. The van der Waals surface area contributed by atoms with E-state index < -0.39 is 0 Å². The van der Waals surface area contributed by atoms with Crippen LogP contribution in [0.2, 0.25) is 0 Å². The Morgan fingerprint density at radius 1 is 1.35 bits per heavy atom. The molecule has 0 radical (unpaired) electrons. The van der Waals surface area contributed by atoms with E-state index in [4.69, 9.17) is 9.47 Å². The van der Waals surface area contributed by atoms with Crippen molar-refractivity contribution in [3.05, 3.63) is 23.7 Å². The molecule has 0 heterocycles. The summed E-state index contributed by atoms with van der Waals surface area (Å²) < 4.78 is 12.0. The summed E-state index contributed by atoms with van der Waals surface area (Å²) in [5.74, 6) is 2.58. The van der Waals surface area contributed by atoms with Gasteiger partial charge in [0.15, 0.2) is 0 Å². The van der Waals surface area contributed by atoms with Crippen molar-refractivity contribution in [1.82, 2.24) is 5.32 Å². The zero-order valence-electron chi connectivity index (χ0n) is 14.0. The summed E-state index contributed by atoms with van der Waals surface area (Å²) in [6, 6.07) is 0. The molecule has 0 aromatic rings. The smallest absolute Gasteiger partial charge is 0.108 e. The van der Waals surface area contributed by atoms with Crippen molar-refractivity contribution in [3.63, 3.8) is 0 Å². The standard InChI is InChI=1S/C17H31NO2/c1-13-10-15(20-14(2)11-18-6)8-7-9-16(13)19-12-17(3,4)5/h8-9,13-14,18H,7,10-12H2,1-6H3/t13?,14-/m0/s1. The summed E-state index contributed by atoms with van der Waals surface area (Å²) in [5.41, 5.74) is 0.195. The average molecular weight is 281 g/mol. The molecule has 0 aliphatic heterocycles. The molecule has 2 atom stereocenters. The number of ether oxygens (including phenoxy) is 2. The van der Waals surface area contributed by atoms with Gasteiger partial charge in [0.05, 0.1) is 18.1 Å². The normalized spacial score (nSPS) is 21.6. The van der Waals surface area contributed by atoms with Gasteiger partial charge >= 0.3 is 0 Å². The number of hydrogen-bond donors (Lipinski definition) is 1. The lowest BCUT2D eigenvalue weighted by molar-refractivity contribution is 0.0945. The van der Waals surface area contributed by atoms with Gasteiger partial charge in [-0.1, -0.05) is 27.7 Å². The Hall–Kier alpha value is -0.960. The molecule has 0 fully saturated rings. The van der Waals surface area contributed by atoms with Crippen LogP contribution in [0.15, 0.2) is 23.7 Å². The fraction of sp³-hybridized carbons (Fsp3) is 0.765. The molecule has 0 saturated heterocycles. The summed E-state index contributed by atoms with van der Waals surface area (Å²) in [5, 5.41) is 3.14. The van der Waals surface area contributed by atoms with E-state index in [9.17, 15) is 0 Å². The molecule has 1 aliphatic rings. The summed E-state index contributed by atoms with van der Waals surface area (Å²) in [4.78, 5) is 0. The molecule has 0 saturated carbocycles. The fourth-order valence-corrected chi connectivity index (χ4v) is 2.18. The minimum Gasteiger partial charge on any atom is -0.497 e. The average Bonchev–Trinajstić information content (AvgIpc) is 2.47. The molecule has 1 unspecified atom stereocenters. The highest BCUT2D eigenvalue weighted by molar-refractivity contribution is 5.12. The SMILES string of the molecule is CNC[C@H](C)OC1=CCC=C(OCC(C)(C)C)C(C)C1. The molecule has 1 N–H and O–H groups in total. The van der Waals surface area contributed by atoms with Crippen molar-refractivity contribution >= 4 is 0 Å². The third-order valence-electron chi connectivity index (χ3n) is 3.17.